The Kier molecular flexibility index (Phi) is 3.80. The number of carbonyl (C=O) groups is 2. The van der Waals surface area contributed by atoms with Gasteiger partial charge in [-0.05, 0) is 15.9 Å². The van der Waals surface area contributed by atoms with Crippen LogP contribution in [-0.2, 0) is 23.6 Å². The first-order chi connectivity index (χ1) is 9.34. The van der Waals surface area contributed by atoms with Crippen molar-refractivity contribution in [1.82, 2.24) is 14.5 Å². The number of ether oxygens (including phenoxy) is 1. The summed E-state index contributed by atoms with van der Waals surface area (Å²) in [6.07, 6.45) is 0.362. The number of nitrogens with one attached hydrogen (secondary N) is 1. The average molecular weight is 346 g/mol. The smallest absolute Gasteiger partial charge is 0.331 e. The molecule has 2 heterocycles. The van der Waals surface area contributed by atoms with Gasteiger partial charge in [0.1, 0.15) is 16.2 Å². The second-order valence-electron chi connectivity index (χ2n) is 4.35. The van der Waals surface area contributed by atoms with Crippen LogP contribution in [0.25, 0.3) is 0 Å². The van der Waals surface area contributed by atoms with Gasteiger partial charge < -0.3 is 10.1 Å². The van der Waals surface area contributed by atoms with Gasteiger partial charge in [-0.2, -0.15) is 0 Å². The van der Waals surface area contributed by atoms with Gasteiger partial charge in [0.25, 0.3) is 11.5 Å². The van der Waals surface area contributed by atoms with Crippen LogP contribution in [0.3, 0.4) is 0 Å². The molecule has 1 aliphatic rings. The lowest BCUT2D eigenvalue weighted by Crippen LogP contribution is -2.45. The van der Waals surface area contributed by atoms with Gasteiger partial charge in [-0.3, -0.25) is 18.7 Å². The predicted octanol–water partition coefficient (Wildman–Crippen LogP) is -1.11. The van der Waals surface area contributed by atoms with Crippen LogP contribution in [0.5, 0.6) is 0 Å². The minimum Gasteiger partial charge on any atom is -0.464 e. The SMILES string of the molecule is Cn1c(C(=O)NC2CCOC2=O)c(Br)c(=O)n(C)c1=O. The molecule has 1 aromatic heterocycles. The standard InChI is InChI=1S/C11H12BrN3O5/c1-14-7(6(12)9(17)15(2)11(14)19)8(16)13-5-3-4-20-10(5)18/h5H,3-4H2,1-2H3,(H,13,16). The van der Waals surface area contributed by atoms with Crippen molar-refractivity contribution in [2.75, 3.05) is 6.61 Å². The minimum atomic E-state index is -0.756. The van der Waals surface area contributed by atoms with E-state index in [1.807, 2.05) is 0 Å². The first-order valence-electron chi connectivity index (χ1n) is 5.77. The second kappa shape index (κ2) is 5.23. The first-order valence-corrected chi connectivity index (χ1v) is 6.57. The molecule has 1 amide bonds. The number of hydrogen-bond acceptors (Lipinski definition) is 5. The summed E-state index contributed by atoms with van der Waals surface area (Å²) >= 11 is 3.01. The van der Waals surface area contributed by atoms with E-state index in [0.29, 0.717) is 6.42 Å². The first kappa shape index (κ1) is 14.5. The zero-order valence-electron chi connectivity index (χ0n) is 10.8. The number of aromatic nitrogens is 2. The molecule has 2 rings (SSSR count). The number of halogens is 1. The van der Waals surface area contributed by atoms with Crippen LogP contribution in [0, 0.1) is 0 Å². The van der Waals surface area contributed by atoms with Crippen molar-refractivity contribution in [1.29, 1.82) is 0 Å². The maximum atomic E-state index is 12.1. The van der Waals surface area contributed by atoms with Gasteiger partial charge in [-0.1, -0.05) is 0 Å². The fourth-order valence-electron chi connectivity index (χ4n) is 1.91. The van der Waals surface area contributed by atoms with Gasteiger partial charge in [-0.25, -0.2) is 9.59 Å². The topological polar surface area (TPSA) is 99.4 Å². The molecule has 8 nitrogen and oxygen atoms in total. The third-order valence-corrected chi connectivity index (χ3v) is 3.78. The largest absolute Gasteiger partial charge is 0.464 e. The lowest BCUT2D eigenvalue weighted by Gasteiger charge is -2.13. The molecule has 1 N–H and O–H groups in total. The number of rotatable bonds is 2. The molecular weight excluding hydrogens is 334 g/mol. The van der Waals surface area contributed by atoms with Crippen molar-refractivity contribution in [3.8, 4) is 0 Å². The van der Waals surface area contributed by atoms with Crippen molar-refractivity contribution in [3.63, 3.8) is 0 Å². The van der Waals surface area contributed by atoms with Crippen LogP contribution < -0.4 is 16.6 Å². The third kappa shape index (κ3) is 2.28. The van der Waals surface area contributed by atoms with Crippen molar-refractivity contribution >= 4 is 27.8 Å². The molecule has 1 aliphatic heterocycles. The van der Waals surface area contributed by atoms with Crippen LogP contribution in [0.15, 0.2) is 14.1 Å². The summed E-state index contributed by atoms with van der Waals surface area (Å²) in [5, 5.41) is 2.45. The van der Waals surface area contributed by atoms with Gasteiger partial charge in [0.15, 0.2) is 0 Å². The molecule has 1 aromatic rings. The summed E-state index contributed by atoms with van der Waals surface area (Å²) in [7, 11) is 2.68. The Balaban J connectivity index is 2.43. The molecule has 0 radical (unpaired) electrons. The van der Waals surface area contributed by atoms with E-state index in [9.17, 15) is 19.2 Å². The molecule has 20 heavy (non-hydrogen) atoms. The lowest BCUT2D eigenvalue weighted by atomic mass is 10.2. The Morgan fingerprint density at radius 1 is 1.30 bits per heavy atom. The van der Waals surface area contributed by atoms with Crippen LogP contribution in [-0.4, -0.2) is 33.7 Å². The Morgan fingerprint density at radius 3 is 2.50 bits per heavy atom. The molecule has 0 spiro atoms. The van der Waals surface area contributed by atoms with E-state index >= 15 is 0 Å². The molecule has 1 atom stereocenters. The van der Waals surface area contributed by atoms with Gasteiger partial charge >= 0.3 is 11.7 Å². The Morgan fingerprint density at radius 2 is 1.95 bits per heavy atom. The van der Waals surface area contributed by atoms with Crippen molar-refractivity contribution in [2.24, 2.45) is 14.1 Å². The second-order valence-corrected chi connectivity index (χ2v) is 5.14. The quantitative estimate of drug-likeness (QED) is 0.685. The Bertz CT molecular complexity index is 668. The van der Waals surface area contributed by atoms with Crippen molar-refractivity contribution in [3.05, 3.63) is 31.0 Å². The van der Waals surface area contributed by atoms with Gasteiger partial charge in [0.05, 0.1) is 6.61 Å². The van der Waals surface area contributed by atoms with Crippen molar-refractivity contribution < 1.29 is 14.3 Å². The van der Waals surface area contributed by atoms with Gasteiger partial charge in [0.2, 0.25) is 0 Å². The predicted molar refractivity (Wildman–Crippen MR) is 71.5 cm³/mol. The number of carbonyl (C=O) groups excluding carboxylic acids is 2. The highest BCUT2D eigenvalue weighted by atomic mass is 79.9. The molecule has 1 unspecified atom stereocenters. The van der Waals surface area contributed by atoms with E-state index in [2.05, 4.69) is 21.2 Å². The summed E-state index contributed by atoms with van der Waals surface area (Å²) < 4.78 is 6.62. The highest BCUT2D eigenvalue weighted by molar-refractivity contribution is 9.10. The molecule has 0 aliphatic carbocycles. The van der Waals surface area contributed by atoms with Gasteiger partial charge in [0, 0.05) is 20.5 Å². The Labute approximate surface area is 121 Å². The van der Waals surface area contributed by atoms with E-state index in [-0.39, 0.29) is 16.8 Å². The minimum absolute atomic E-state index is 0.0361. The molecule has 9 heteroatoms. The van der Waals surface area contributed by atoms with E-state index in [4.69, 9.17) is 4.74 Å². The molecule has 1 saturated heterocycles. The highest BCUT2D eigenvalue weighted by Crippen LogP contribution is 2.11. The number of cyclic esters (lactones) is 1. The Hall–Kier alpha value is -1.90. The van der Waals surface area contributed by atoms with Crippen LogP contribution in [0.1, 0.15) is 16.9 Å². The monoisotopic (exact) mass is 345 g/mol. The van der Waals surface area contributed by atoms with E-state index in [0.717, 1.165) is 9.13 Å². The van der Waals surface area contributed by atoms with E-state index in [1.165, 1.54) is 14.1 Å². The fourth-order valence-corrected chi connectivity index (χ4v) is 2.62. The van der Waals surface area contributed by atoms with Crippen LogP contribution in [0.2, 0.25) is 0 Å². The zero-order valence-corrected chi connectivity index (χ0v) is 12.4. The molecule has 108 valence electrons. The lowest BCUT2D eigenvalue weighted by molar-refractivity contribution is -0.139. The summed E-state index contributed by atoms with van der Waals surface area (Å²) in [6, 6.07) is -0.756. The zero-order chi connectivity index (χ0) is 15.0. The van der Waals surface area contributed by atoms with E-state index < -0.39 is 29.2 Å². The number of hydrogen-bond donors (Lipinski definition) is 1. The third-order valence-electron chi connectivity index (χ3n) is 3.07. The highest BCUT2D eigenvalue weighted by Gasteiger charge is 2.30. The van der Waals surface area contributed by atoms with Crippen LogP contribution in [0.4, 0.5) is 0 Å². The molecule has 0 aromatic carbocycles. The van der Waals surface area contributed by atoms with Crippen LogP contribution >= 0.6 is 15.9 Å². The van der Waals surface area contributed by atoms with E-state index in [1.54, 1.807) is 0 Å². The normalized spacial score (nSPS) is 17.9. The maximum Gasteiger partial charge on any atom is 0.331 e. The number of esters is 1. The van der Waals surface area contributed by atoms with Crippen molar-refractivity contribution in [2.45, 2.75) is 12.5 Å². The molecule has 1 fully saturated rings. The summed E-state index contributed by atoms with van der Waals surface area (Å²) in [4.78, 5) is 47.1. The summed E-state index contributed by atoms with van der Waals surface area (Å²) in [5.74, 6) is -1.21. The summed E-state index contributed by atoms with van der Waals surface area (Å²) in [6.45, 7) is 0.237. The molecule has 0 bridgehead atoms. The average Bonchev–Trinajstić information content (AvgIpc) is 2.80. The molecule has 0 saturated carbocycles. The number of nitrogens with zero attached hydrogens (tertiary/aromatic N) is 2. The number of amides is 1. The summed E-state index contributed by atoms with van der Waals surface area (Å²) in [5.41, 5.74) is -1.37. The molecular formula is C11H12BrN3O5. The maximum absolute atomic E-state index is 12.1. The van der Waals surface area contributed by atoms with Gasteiger partial charge in [-0.15, -0.1) is 0 Å². The fraction of sp³-hybridized carbons (Fsp3) is 0.455.